The van der Waals surface area contributed by atoms with Crippen molar-refractivity contribution in [3.8, 4) is 5.75 Å². The average molecular weight is 303 g/mol. The fourth-order valence-electron chi connectivity index (χ4n) is 3.33. The summed E-state index contributed by atoms with van der Waals surface area (Å²) in [5.41, 5.74) is 1.14. The Kier molecular flexibility index (Phi) is 4.83. The van der Waals surface area contributed by atoms with Crippen molar-refractivity contribution in [1.82, 2.24) is 10.6 Å². The van der Waals surface area contributed by atoms with Crippen molar-refractivity contribution >= 4 is 11.6 Å². The molecule has 0 unspecified atom stereocenters. The number of carbonyl (C=O) groups excluding carboxylic acids is 1. The lowest BCUT2D eigenvalue weighted by atomic mass is 10.1. The SMILES string of the molecule is COc1ccc(N2CCN[C@H](C(=O)NC3CCCC3)C2)cc1. The van der Waals surface area contributed by atoms with Gasteiger partial charge in [-0.3, -0.25) is 4.79 Å². The van der Waals surface area contributed by atoms with E-state index in [1.54, 1.807) is 7.11 Å². The van der Waals surface area contributed by atoms with E-state index in [9.17, 15) is 4.79 Å². The molecule has 22 heavy (non-hydrogen) atoms. The predicted octanol–water partition coefficient (Wildman–Crippen LogP) is 1.53. The highest BCUT2D eigenvalue weighted by Crippen LogP contribution is 2.21. The van der Waals surface area contributed by atoms with E-state index in [4.69, 9.17) is 4.74 Å². The molecule has 5 heteroatoms. The second-order valence-corrected chi connectivity index (χ2v) is 6.14. The summed E-state index contributed by atoms with van der Waals surface area (Å²) >= 11 is 0. The third-order valence-electron chi connectivity index (χ3n) is 4.63. The summed E-state index contributed by atoms with van der Waals surface area (Å²) in [4.78, 5) is 14.7. The maximum atomic E-state index is 12.4. The second kappa shape index (κ2) is 7.01. The smallest absolute Gasteiger partial charge is 0.239 e. The number of nitrogens with zero attached hydrogens (tertiary/aromatic N) is 1. The molecule has 0 spiro atoms. The van der Waals surface area contributed by atoms with Crippen LogP contribution >= 0.6 is 0 Å². The van der Waals surface area contributed by atoms with Crippen LogP contribution in [0.3, 0.4) is 0 Å². The van der Waals surface area contributed by atoms with Gasteiger partial charge in [-0.25, -0.2) is 0 Å². The fraction of sp³-hybridized carbons (Fsp3) is 0.588. The van der Waals surface area contributed by atoms with Gasteiger partial charge in [0.1, 0.15) is 11.8 Å². The quantitative estimate of drug-likeness (QED) is 0.886. The molecule has 0 bridgehead atoms. The molecule has 1 saturated heterocycles. The predicted molar refractivity (Wildman–Crippen MR) is 87.4 cm³/mol. The second-order valence-electron chi connectivity index (χ2n) is 6.14. The maximum absolute atomic E-state index is 12.4. The summed E-state index contributed by atoms with van der Waals surface area (Å²) in [6.45, 7) is 2.46. The Hall–Kier alpha value is -1.75. The van der Waals surface area contributed by atoms with Crippen molar-refractivity contribution in [2.75, 3.05) is 31.6 Å². The van der Waals surface area contributed by atoms with Crippen molar-refractivity contribution in [3.63, 3.8) is 0 Å². The fourth-order valence-corrected chi connectivity index (χ4v) is 3.33. The number of rotatable bonds is 4. The lowest BCUT2D eigenvalue weighted by Crippen LogP contribution is -2.58. The molecule has 1 aliphatic carbocycles. The van der Waals surface area contributed by atoms with E-state index in [-0.39, 0.29) is 11.9 Å². The van der Waals surface area contributed by atoms with Crippen LogP contribution in [-0.4, -0.2) is 44.7 Å². The monoisotopic (exact) mass is 303 g/mol. The topological polar surface area (TPSA) is 53.6 Å². The van der Waals surface area contributed by atoms with Gasteiger partial charge >= 0.3 is 0 Å². The zero-order chi connectivity index (χ0) is 15.4. The molecule has 2 aliphatic rings. The highest BCUT2D eigenvalue weighted by Gasteiger charge is 2.27. The van der Waals surface area contributed by atoms with Gasteiger partial charge in [-0.2, -0.15) is 0 Å². The van der Waals surface area contributed by atoms with Crippen molar-refractivity contribution in [2.45, 2.75) is 37.8 Å². The number of ether oxygens (including phenoxy) is 1. The van der Waals surface area contributed by atoms with Gasteiger partial charge in [-0.05, 0) is 37.1 Å². The molecule has 1 aromatic carbocycles. The van der Waals surface area contributed by atoms with Crippen molar-refractivity contribution < 1.29 is 9.53 Å². The molecule has 1 amide bonds. The summed E-state index contributed by atoms with van der Waals surface area (Å²) in [5.74, 6) is 1.000. The van der Waals surface area contributed by atoms with Crippen LogP contribution in [-0.2, 0) is 4.79 Å². The van der Waals surface area contributed by atoms with Crippen LogP contribution < -0.4 is 20.3 Å². The van der Waals surface area contributed by atoms with Crippen LogP contribution in [0.25, 0.3) is 0 Å². The largest absolute Gasteiger partial charge is 0.497 e. The maximum Gasteiger partial charge on any atom is 0.239 e. The molecule has 1 aliphatic heterocycles. The van der Waals surface area contributed by atoms with E-state index < -0.39 is 0 Å². The number of piperazine rings is 1. The van der Waals surface area contributed by atoms with Gasteiger partial charge in [0, 0.05) is 31.4 Å². The number of hydrogen-bond acceptors (Lipinski definition) is 4. The van der Waals surface area contributed by atoms with E-state index in [2.05, 4.69) is 27.7 Å². The minimum Gasteiger partial charge on any atom is -0.497 e. The van der Waals surface area contributed by atoms with Gasteiger partial charge in [-0.1, -0.05) is 12.8 Å². The van der Waals surface area contributed by atoms with Crippen molar-refractivity contribution in [3.05, 3.63) is 24.3 Å². The molecule has 1 heterocycles. The van der Waals surface area contributed by atoms with E-state index in [0.717, 1.165) is 37.4 Å². The Balaban J connectivity index is 1.59. The molecule has 2 N–H and O–H groups in total. The minimum atomic E-state index is -0.128. The Morgan fingerprint density at radius 1 is 1.27 bits per heavy atom. The van der Waals surface area contributed by atoms with E-state index in [0.29, 0.717) is 12.6 Å². The Morgan fingerprint density at radius 2 is 2.00 bits per heavy atom. The van der Waals surface area contributed by atoms with E-state index in [1.807, 2.05) is 12.1 Å². The molecule has 0 radical (unpaired) electrons. The van der Waals surface area contributed by atoms with E-state index >= 15 is 0 Å². The molecule has 3 rings (SSSR count). The summed E-state index contributed by atoms with van der Waals surface area (Å²) < 4.78 is 5.20. The zero-order valence-corrected chi connectivity index (χ0v) is 13.2. The Morgan fingerprint density at radius 3 is 2.68 bits per heavy atom. The normalized spacial score (nSPS) is 22.6. The van der Waals surface area contributed by atoms with Crippen LogP contribution in [0.15, 0.2) is 24.3 Å². The van der Waals surface area contributed by atoms with Gasteiger partial charge in [0.2, 0.25) is 5.91 Å². The first kappa shape index (κ1) is 15.2. The Labute approximate surface area is 132 Å². The molecule has 0 aromatic heterocycles. The first-order valence-electron chi connectivity index (χ1n) is 8.19. The van der Waals surface area contributed by atoms with Crippen molar-refractivity contribution in [2.24, 2.45) is 0 Å². The number of nitrogens with one attached hydrogen (secondary N) is 2. The number of carbonyl (C=O) groups is 1. The molecule has 2 fully saturated rings. The molecule has 1 saturated carbocycles. The van der Waals surface area contributed by atoms with Crippen molar-refractivity contribution in [1.29, 1.82) is 0 Å². The molecule has 120 valence electrons. The van der Waals surface area contributed by atoms with Gasteiger partial charge < -0.3 is 20.3 Å². The number of amides is 1. The van der Waals surface area contributed by atoms with Crippen LogP contribution in [0, 0.1) is 0 Å². The highest BCUT2D eigenvalue weighted by atomic mass is 16.5. The number of anilines is 1. The standard InChI is InChI=1S/C17H25N3O2/c1-22-15-8-6-14(7-9-15)20-11-10-18-16(12-20)17(21)19-13-4-2-3-5-13/h6-9,13,16,18H,2-5,10-12H2,1H3,(H,19,21)/t16-/m0/s1. The Bertz CT molecular complexity index is 497. The number of benzene rings is 1. The zero-order valence-electron chi connectivity index (χ0n) is 13.2. The summed E-state index contributed by atoms with van der Waals surface area (Å²) in [6.07, 6.45) is 4.73. The highest BCUT2D eigenvalue weighted by molar-refractivity contribution is 5.83. The lowest BCUT2D eigenvalue weighted by Gasteiger charge is -2.35. The van der Waals surface area contributed by atoms with E-state index in [1.165, 1.54) is 12.8 Å². The molecular weight excluding hydrogens is 278 g/mol. The molecule has 1 atom stereocenters. The van der Waals surface area contributed by atoms with Gasteiger partial charge in [-0.15, -0.1) is 0 Å². The third kappa shape index (κ3) is 3.53. The van der Waals surface area contributed by atoms with Crippen LogP contribution in [0.2, 0.25) is 0 Å². The van der Waals surface area contributed by atoms with Gasteiger partial charge in [0.15, 0.2) is 0 Å². The number of hydrogen-bond donors (Lipinski definition) is 2. The minimum absolute atomic E-state index is 0.128. The first-order valence-corrected chi connectivity index (χ1v) is 8.19. The third-order valence-corrected chi connectivity index (χ3v) is 4.63. The van der Waals surface area contributed by atoms with Crippen LogP contribution in [0.1, 0.15) is 25.7 Å². The summed E-state index contributed by atoms with van der Waals surface area (Å²) in [6, 6.07) is 8.28. The molecule has 1 aromatic rings. The summed E-state index contributed by atoms with van der Waals surface area (Å²) in [7, 11) is 1.67. The van der Waals surface area contributed by atoms with Crippen LogP contribution in [0.4, 0.5) is 5.69 Å². The summed E-state index contributed by atoms with van der Waals surface area (Å²) in [5, 5.41) is 6.53. The lowest BCUT2D eigenvalue weighted by molar-refractivity contribution is -0.123. The van der Waals surface area contributed by atoms with Gasteiger partial charge in [0.25, 0.3) is 0 Å². The molecular formula is C17H25N3O2. The first-order chi connectivity index (χ1) is 10.8. The molecule has 5 nitrogen and oxygen atoms in total. The van der Waals surface area contributed by atoms with Crippen LogP contribution in [0.5, 0.6) is 5.75 Å². The van der Waals surface area contributed by atoms with Gasteiger partial charge in [0.05, 0.1) is 7.11 Å². The average Bonchev–Trinajstić information content (AvgIpc) is 3.08. The number of methoxy groups -OCH3 is 1.